The van der Waals surface area contributed by atoms with Crippen LogP contribution < -0.4 is 5.73 Å². The summed E-state index contributed by atoms with van der Waals surface area (Å²) in [4.78, 5) is 65.3. The van der Waals surface area contributed by atoms with E-state index in [-0.39, 0.29) is 28.3 Å². The van der Waals surface area contributed by atoms with Crippen molar-refractivity contribution in [2.24, 2.45) is 0 Å². The predicted molar refractivity (Wildman–Crippen MR) is 296 cm³/mol. The number of anilines is 1. The van der Waals surface area contributed by atoms with Crippen LogP contribution in [0.2, 0.25) is 0 Å². The number of non-ortho nitro benzene ring substituents is 1. The molecule has 0 aliphatic carbocycles. The average molecular weight is 1080 g/mol. The van der Waals surface area contributed by atoms with Gasteiger partial charge < -0.3 is 20.4 Å². The lowest BCUT2D eigenvalue weighted by atomic mass is 10.0. The fourth-order valence-electron chi connectivity index (χ4n) is 8.63. The molecule has 0 unspecified atom stereocenters. The van der Waals surface area contributed by atoms with Crippen LogP contribution in [0.25, 0.3) is 50.7 Å². The summed E-state index contributed by atoms with van der Waals surface area (Å²) in [6, 6.07) is 20.3. The Morgan fingerprint density at radius 2 is 0.844 bits per heavy atom. The van der Waals surface area contributed by atoms with Crippen molar-refractivity contribution in [1.82, 2.24) is 58.5 Å². The van der Waals surface area contributed by atoms with E-state index in [1.54, 1.807) is 93.1 Å². The lowest BCUT2D eigenvalue weighted by Crippen LogP contribution is -2.23. The summed E-state index contributed by atoms with van der Waals surface area (Å²) in [6.07, 6.45) is 0. The molecule has 21 nitrogen and oxygen atoms in total. The molecule has 6 heterocycles. The number of benzene rings is 3. The van der Waals surface area contributed by atoms with Gasteiger partial charge in [0.25, 0.3) is 32.5 Å². The summed E-state index contributed by atoms with van der Waals surface area (Å²) in [7, 11) is 11.8. The highest BCUT2D eigenvalue weighted by molar-refractivity contribution is 8.13. The number of nitrogens with zero attached hydrogens (tertiary/aromatic N) is 13. The Hall–Kier alpha value is -8.63. The predicted octanol–water partition coefficient (Wildman–Crippen LogP) is 8.49. The Bertz CT molecular complexity index is 4010. The van der Waals surface area contributed by atoms with Crippen LogP contribution in [0.4, 0.5) is 11.4 Å². The number of carbonyl (C=O) groups is 3. The molecule has 6 aromatic heterocycles. The fraction of sp³-hybridized carbons (Fsp3) is 0.278. The summed E-state index contributed by atoms with van der Waals surface area (Å²) in [6.45, 7) is 17.0. The molecule has 0 fully saturated rings. The smallest absolute Gasteiger partial charge is 0.272 e. The highest BCUT2D eigenvalue weighted by Crippen LogP contribution is 2.33. The van der Waals surface area contributed by atoms with Gasteiger partial charge in [-0.2, -0.15) is 15.3 Å². The van der Waals surface area contributed by atoms with E-state index in [9.17, 15) is 32.9 Å². The molecule has 3 aromatic carbocycles. The molecule has 3 amide bonds. The molecule has 0 saturated carbocycles. The second kappa shape index (κ2) is 21.5. The lowest BCUT2D eigenvalue weighted by molar-refractivity contribution is -0.384. The van der Waals surface area contributed by atoms with Gasteiger partial charge >= 0.3 is 0 Å². The standard InChI is InChI=1S/C18H19ClN4O3S.C18H19N5O3.C18H21N5O/c1-10-8-13(27(19,25)26)6-7-14(10)16-12(3)17-20-15(18(24)22(4)5)9-11(2)23(17)21-16;1-10-8-13(23(25)26)6-7-14(10)16-12(3)17-19-15(18(24)21(4)5)9-11(2)22(17)20-16;1-10-8-13(19)6-7-14(10)16-12(3)17-20-15(18(24)22(4)5)9-11(2)23(17)21-16/h6-9H,1-5H3;6-9H,1-5H3;6-9H,19H2,1-5H3. The first kappa shape index (κ1) is 56.1. The van der Waals surface area contributed by atoms with Crippen LogP contribution in [0.1, 0.15) is 81.9 Å². The number of aromatic nitrogens is 9. The lowest BCUT2D eigenvalue weighted by Gasteiger charge is -2.10. The van der Waals surface area contributed by atoms with Gasteiger partial charge in [-0.1, -0.05) is 12.1 Å². The summed E-state index contributed by atoms with van der Waals surface area (Å²) < 4.78 is 28.2. The van der Waals surface area contributed by atoms with Gasteiger partial charge in [-0.15, -0.1) is 0 Å². The normalized spacial score (nSPS) is 11.3. The summed E-state index contributed by atoms with van der Waals surface area (Å²) >= 11 is 0. The van der Waals surface area contributed by atoms with Crippen LogP contribution in [-0.4, -0.2) is 132 Å². The Kier molecular flexibility index (Phi) is 15.7. The van der Waals surface area contributed by atoms with Crippen molar-refractivity contribution in [2.45, 2.75) is 67.2 Å². The molecule has 0 bridgehead atoms. The second-order valence-electron chi connectivity index (χ2n) is 19.3. The van der Waals surface area contributed by atoms with Gasteiger partial charge in [-0.25, -0.2) is 36.9 Å². The van der Waals surface area contributed by atoms with Crippen LogP contribution in [0.5, 0.6) is 0 Å². The maximum atomic E-state index is 12.3. The quantitative estimate of drug-likeness (QED) is 0.0648. The minimum atomic E-state index is -3.80. The van der Waals surface area contributed by atoms with Crippen LogP contribution in [0.15, 0.2) is 77.7 Å². The number of hydrogen-bond donors (Lipinski definition) is 1. The number of amides is 3. The Morgan fingerprint density at radius 3 is 1.14 bits per heavy atom. The SMILES string of the molecule is Cc1cc(N)ccc1-c1nn2c(C)cc(C(=O)N(C)C)nc2c1C.Cc1cc(S(=O)(=O)Cl)ccc1-c1nn2c(C)cc(C(=O)N(C)C)nc2c1C.Cc1cc([N+](=O)[O-])ccc1-c1nn2c(C)cc(C(=O)N(C)C)nc2c1C. The largest absolute Gasteiger partial charge is 0.399 e. The molecule has 0 spiro atoms. The van der Waals surface area contributed by atoms with Gasteiger partial charge in [0.05, 0.1) is 26.9 Å². The molecule has 9 aromatic rings. The molecule has 23 heteroatoms. The number of nitro benzene ring substituents is 1. The first-order chi connectivity index (χ1) is 36.0. The highest BCUT2D eigenvalue weighted by atomic mass is 35.7. The third kappa shape index (κ3) is 11.2. The summed E-state index contributed by atoms with van der Waals surface area (Å²) in [5, 5.41) is 24.9. The molecule has 9 rings (SSSR count). The van der Waals surface area contributed by atoms with Crippen molar-refractivity contribution in [3.63, 3.8) is 0 Å². The molecule has 400 valence electrons. The van der Waals surface area contributed by atoms with Gasteiger partial charge in [0.2, 0.25) is 0 Å². The third-order valence-corrected chi connectivity index (χ3v) is 14.1. The highest BCUT2D eigenvalue weighted by Gasteiger charge is 2.23. The first-order valence-electron chi connectivity index (χ1n) is 23.9. The van der Waals surface area contributed by atoms with Crippen molar-refractivity contribution in [1.29, 1.82) is 0 Å². The number of aryl methyl sites for hydroxylation is 9. The summed E-state index contributed by atoms with van der Waals surface area (Å²) in [5.41, 5.74) is 22.0. The molecule has 2 N–H and O–H groups in total. The molecule has 0 aliphatic heterocycles. The van der Waals surface area contributed by atoms with E-state index < -0.39 is 14.0 Å². The minimum absolute atomic E-state index is 0.0417. The van der Waals surface area contributed by atoms with E-state index in [0.717, 1.165) is 78.5 Å². The van der Waals surface area contributed by atoms with Gasteiger partial charge in [-0.3, -0.25) is 24.5 Å². The number of nitrogens with two attached hydrogens (primary N) is 1. The average Bonchev–Trinajstić information content (AvgIpc) is 4.05. The molecule has 77 heavy (non-hydrogen) atoms. The van der Waals surface area contributed by atoms with Crippen molar-refractivity contribution in [2.75, 3.05) is 48.0 Å². The monoisotopic (exact) mass is 1080 g/mol. The van der Waals surface area contributed by atoms with Gasteiger partial charge in [-0.05, 0) is 128 Å². The zero-order chi connectivity index (χ0) is 56.9. The van der Waals surface area contributed by atoms with Crippen LogP contribution >= 0.6 is 10.7 Å². The zero-order valence-electron chi connectivity index (χ0n) is 45.5. The van der Waals surface area contributed by atoms with E-state index in [1.807, 2.05) is 73.6 Å². The summed E-state index contributed by atoms with van der Waals surface area (Å²) in [5.74, 6) is -0.480. The number of hydrogen-bond acceptors (Lipinski definition) is 14. The molecule has 0 radical (unpaired) electrons. The maximum absolute atomic E-state index is 12.3. The van der Waals surface area contributed by atoms with E-state index in [1.165, 1.54) is 39.0 Å². The van der Waals surface area contributed by atoms with E-state index in [0.29, 0.717) is 45.4 Å². The fourth-order valence-corrected chi connectivity index (χ4v) is 9.46. The molecule has 0 saturated heterocycles. The number of nitrogen functional groups attached to an aromatic ring is 1. The number of fused-ring (bicyclic) bond motifs is 3. The van der Waals surface area contributed by atoms with E-state index in [4.69, 9.17) is 21.5 Å². The van der Waals surface area contributed by atoms with Crippen molar-refractivity contribution in [3.8, 4) is 33.8 Å². The van der Waals surface area contributed by atoms with Crippen molar-refractivity contribution in [3.05, 3.63) is 150 Å². The van der Waals surface area contributed by atoms with E-state index in [2.05, 4.69) is 25.1 Å². The Balaban J connectivity index is 0.000000168. The first-order valence-corrected chi connectivity index (χ1v) is 26.2. The third-order valence-electron chi connectivity index (χ3n) is 12.8. The van der Waals surface area contributed by atoms with Gasteiger partial charge in [0.15, 0.2) is 16.9 Å². The molecule has 0 aliphatic rings. The Morgan fingerprint density at radius 1 is 0.519 bits per heavy atom. The Labute approximate surface area is 449 Å². The maximum Gasteiger partial charge on any atom is 0.272 e. The van der Waals surface area contributed by atoms with Gasteiger partial charge in [0.1, 0.15) is 17.1 Å². The molecular weight excluding hydrogens is 1020 g/mol. The van der Waals surface area contributed by atoms with Gasteiger partial charge in [0, 0.05) is 121 Å². The molecule has 0 atom stereocenters. The van der Waals surface area contributed by atoms with E-state index >= 15 is 0 Å². The van der Waals surface area contributed by atoms with Crippen LogP contribution in [0.3, 0.4) is 0 Å². The van der Waals surface area contributed by atoms with Crippen molar-refractivity contribution >= 4 is 65.8 Å². The van der Waals surface area contributed by atoms with Crippen LogP contribution in [-0.2, 0) is 9.05 Å². The number of rotatable bonds is 8. The topological polar surface area (TPSA) is 255 Å². The number of halogens is 1. The number of nitro groups is 1. The van der Waals surface area contributed by atoms with Crippen LogP contribution in [0, 0.1) is 72.4 Å². The zero-order valence-corrected chi connectivity index (χ0v) is 47.0. The number of carbonyl (C=O) groups excluding carboxylic acids is 3. The minimum Gasteiger partial charge on any atom is -0.399 e. The molecular formula is C54H59ClN14O7S. The van der Waals surface area contributed by atoms with Crippen molar-refractivity contribution < 1.29 is 27.7 Å². The second-order valence-corrected chi connectivity index (χ2v) is 21.9.